The van der Waals surface area contributed by atoms with Crippen molar-refractivity contribution in [3.63, 3.8) is 0 Å². The molecular weight excluding hydrogens is 204 g/mol. The fraction of sp³-hybridized carbons (Fsp3) is 0.765. The summed E-state index contributed by atoms with van der Waals surface area (Å²) in [5.41, 5.74) is 3.32. The third kappa shape index (κ3) is 2.51. The zero-order valence-electron chi connectivity index (χ0n) is 12.2. The van der Waals surface area contributed by atoms with Crippen LogP contribution in [0.15, 0.2) is 23.3 Å². The smallest absolute Gasteiger partial charge is 0.0132 e. The van der Waals surface area contributed by atoms with Gasteiger partial charge in [-0.1, -0.05) is 58.8 Å². The van der Waals surface area contributed by atoms with Crippen molar-refractivity contribution in [3.8, 4) is 0 Å². The van der Waals surface area contributed by atoms with Crippen LogP contribution in [0.4, 0.5) is 0 Å². The summed E-state index contributed by atoms with van der Waals surface area (Å²) < 4.78 is 0. The molecule has 0 aromatic carbocycles. The lowest BCUT2D eigenvalue weighted by molar-refractivity contribution is 0.462. The van der Waals surface area contributed by atoms with Gasteiger partial charge in [0.05, 0.1) is 0 Å². The third-order valence-corrected chi connectivity index (χ3v) is 4.79. The SMILES string of the molecule is CCC1CC2C=C(C(C)C)C=C(C(C)C)C2C1. The van der Waals surface area contributed by atoms with E-state index in [0.717, 1.165) is 23.7 Å². The number of rotatable bonds is 3. The molecule has 3 unspecified atom stereocenters. The molecule has 0 aromatic rings. The normalized spacial score (nSPS) is 32.8. The maximum atomic E-state index is 2.59. The Labute approximate surface area is 107 Å². The Morgan fingerprint density at radius 3 is 2.35 bits per heavy atom. The molecule has 0 nitrogen and oxygen atoms in total. The Kier molecular flexibility index (Phi) is 3.80. The molecule has 0 N–H and O–H groups in total. The average Bonchev–Trinajstić information content (AvgIpc) is 2.69. The molecule has 0 amide bonds. The zero-order chi connectivity index (χ0) is 12.6. The molecular formula is C17H28. The van der Waals surface area contributed by atoms with Gasteiger partial charge >= 0.3 is 0 Å². The second-order valence-electron chi connectivity index (χ2n) is 6.64. The predicted octanol–water partition coefficient (Wildman–Crippen LogP) is 5.22. The summed E-state index contributed by atoms with van der Waals surface area (Å²) in [7, 11) is 0. The van der Waals surface area contributed by atoms with Crippen molar-refractivity contribution >= 4 is 0 Å². The Morgan fingerprint density at radius 2 is 1.82 bits per heavy atom. The van der Waals surface area contributed by atoms with Crippen molar-refractivity contribution in [2.24, 2.45) is 29.6 Å². The lowest BCUT2D eigenvalue weighted by atomic mass is 9.76. The van der Waals surface area contributed by atoms with E-state index in [2.05, 4.69) is 46.8 Å². The van der Waals surface area contributed by atoms with E-state index in [0.29, 0.717) is 5.92 Å². The fourth-order valence-electron chi connectivity index (χ4n) is 3.63. The molecule has 3 atom stereocenters. The molecule has 2 aliphatic rings. The summed E-state index contributed by atoms with van der Waals surface area (Å²) in [5, 5.41) is 0. The van der Waals surface area contributed by atoms with E-state index in [1.807, 2.05) is 0 Å². The first kappa shape index (κ1) is 12.9. The first-order valence-electron chi connectivity index (χ1n) is 7.46. The molecule has 0 aromatic heterocycles. The summed E-state index contributed by atoms with van der Waals surface area (Å²) in [6.45, 7) is 11.7. The third-order valence-electron chi connectivity index (χ3n) is 4.79. The second-order valence-corrected chi connectivity index (χ2v) is 6.64. The highest BCUT2D eigenvalue weighted by atomic mass is 14.4. The predicted molar refractivity (Wildman–Crippen MR) is 75.8 cm³/mol. The van der Waals surface area contributed by atoms with Crippen molar-refractivity contribution < 1.29 is 0 Å². The molecule has 0 saturated heterocycles. The van der Waals surface area contributed by atoms with E-state index in [-0.39, 0.29) is 0 Å². The molecule has 96 valence electrons. The number of hydrogen-bond donors (Lipinski definition) is 0. The number of allylic oxidation sites excluding steroid dienone is 4. The van der Waals surface area contributed by atoms with Crippen LogP contribution >= 0.6 is 0 Å². The van der Waals surface area contributed by atoms with Gasteiger partial charge in [-0.15, -0.1) is 0 Å². The van der Waals surface area contributed by atoms with Crippen LogP contribution in [0.5, 0.6) is 0 Å². The quantitative estimate of drug-likeness (QED) is 0.626. The largest absolute Gasteiger partial charge is 0.0773 e. The van der Waals surface area contributed by atoms with E-state index in [9.17, 15) is 0 Å². The van der Waals surface area contributed by atoms with Gasteiger partial charge in [-0.2, -0.15) is 0 Å². The molecule has 2 aliphatic carbocycles. The van der Waals surface area contributed by atoms with Crippen LogP contribution in [0.2, 0.25) is 0 Å². The van der Waals surface area contributed by atoms with Gasteiger partial charge in [-0.05, 0) is 48.0 Å². The highest BCUT2D eigenvalue weighted by molar-refractivity contribution is 5.34. The highest BCUT2D eigenvalue weighted by Gasteiger charge is 2.37. The van der Waals surface area contributed by atoms with Gasteiger partial charge in [-0.25, -0.2) is 0 Å². The topological polar surface area (TPSA) is 0 Å². The molecule has 1 saturated carbocycles. The van der Waals surface area contributed by atoms with Gasteiger partial charge in [0, 0.05) is 0 Å². The molecule has 2 rings (SSSR count). The van der Waals surface area contributed by atoms with Crippen molar-refractivity contribution in [1.82, 2.24) is 0 Å². The van der Waals surface area contributed by atoms with Crippen LogP contribution in [-0.2, 0) is 0 Å². The molecule has 0 aliphatic heterocycles. The van der Waals surface area contributed by atoms with E-state index in [4.69, 9.17) is 0 Å². The average molecular weight is 232 g/mol. The Bertz CT molecular complexity index is 330. The van der Waals surface area contributed by atoms with Crippen LogP contribution in [0.25, 0.3) is 0 Å². The molecule has 0 bridgehead atoms. The van der Waals surface area contributed by atoms with Crippen LogP contribution in [0.1, 0.15) is 53.9 Å². The minimum absolute atomic E-state index is 0.686. The first-order chi connectivity index (χ1) is 8.02. The molecule has 0 radical (unpaired) electrons. The maximum Gasteiger partial charge on any atom is -0.0132 e. The Balaban J connectivity index is 2.27. The lowest BCUT2D eigenvalue weighted by Gasteiger charge is -2.29. The zero-order valence-corrected chi connectivity index (χ0v) is 12.2. The molecule has 0 heteroatoms. The summed E-state index contributed by atoms with van der Waals surface area (Å²) in [5.74, 6) is 4.09. The van der Waals surface area contributed by atoms with Crippen molar-refractivity contribution in [2.45, 2.75) is 53.9 Å². The van der Waals surface area contributed by atoms with E-state index in [1.165, 1.54) is 19.3 Å². The first-order valence-corrected chi connectivity index (χ1v) is 7.46. The molecule has 1 fully saturated rings. The van der Waals surface area contributed by atoms with Crippen LogP contribution in [0, 0.1) is 29.6 Å². The van der Waals surface area contributed by atoms with Crippen molar-refractivity contribution in [1.29, 1.82) is 0 Å². The van der Waals surface area contributed by atoms with Gasteiger partial charge in [0.1, 0.15) is 0 Å². The fourth-order valence-corrected chi connectivity index (χ4v) is 3.63. The Hall–Kier alpha value is -0.520. The maximum absolute atomic E-state index is 2.59. The molecule has 0 spiro atoms. The molecule has 0 heterocycles. The van der Waals surface area contributed by atoms with Gasteiger partial charge in [-0.3, -0.25) is 0 Å². The minimum Gasteiger partial charge on any atom is -0.0773 e. The van der Waals surface area contributed by atoms with E-state index < -0.39 is 0 Å². The van der Waals surface area contributed by atoms with Gasteiger partial charge < -0.3 is 0 Å². The monoisotopic (exact) mass is 232 g/mol. The minimum atomic E-state index is 0.686. The van der Waals surface area contributed by atoms with Gasteiger partial charge in [0.15, 0.2) is 0 Å². The number of fused-ring (bicyclic) bond motifs is 1. The summed E-state index contributed by atoms with van der Waals surface area (Å²) in [6, 6.07) is 0. The standard InChI is InChI=1S/C17H28/c1-6-13-7-15-9-14(11(2)3)10-16(12(4)5)17(15)8-13/h9-13,15,17H,6-8H2,1-5H3. The van der Waals surface area contributed by atoms with Crippen molar-refractivity contribution in [3.05, 3.63) is 23.3 Å². The summed E-state index contributed by atoms with van der Waals surface area (Å²) in [4.78, 5) is 0. The number of hydrogen-bond acceptors (Lipinski definition) is 0. The van der Waals surface area contributed by atoms with Gasteiger partial charge in [0.2, 0.25) is 0 Å². The van der Waals surface area contributed by atoms with Crippen LogP contribution in [0.3, 0.4) is 0 Å². The second kappa shape index (κ2) is 5.00. The van der Waals surface area contributed by atoms with Crippen LogP contribution < -0.4 is 0 Å². The Morgan fingerprint density at radius 1 is 1.12 bits per heavy atom. The van der Waals surface area contributed by atoms with E-state index in [1.54, 1.807) is 11.1 Å². The van der Waals surface area contributed by atoms with E-state index >= 15 is 0 Å². The van der Waals surface area contributed by atoms with Gasteiger partial charge in [0.25, 0.3) is 0 Å². The summed E-state index contributed by atoms with van der Waals surface area (Å²) >= 11 is 0. The van der Waals surface area contributed by atoms with Crippen molar-refractivity contribution in [2.75, 3.05) is 0 Å². The lowest BCUT2D eigenvalue weighted by Crippen LogP contribution is -2.18. The highest BCUT2D eigenvalue weighted by Crippen LogP contribution is 2.48. The van der Waals surface area contributed by atoms with Crippen LogP contribution in [-0.4, -0.2) is 0 Å². The molecule has 17 heavy (non-hydrogen) atoms. The summed E-state index contributed by atoms with van der Waals surface area (Å²) in [6.07, 6.45) is 9.35.